The normalized spacial score (nSPS) is 17.0. The Bertz CT molecular complexity index is 537. The van der Waals surface area contributed by atoms with Crippen molar-refractivity contribution in [3.63, 3.8) is 0 Å². The van der Waals surface area contributed by atoms with Crippen molar-refractivity contribution in [1.29, 1.82) is 0 Å². The Balaban J connectivity index is 2.02. The van der Waals surface area contributed by atoms with E-state index in [-0.39, 0.29) is 11.1 Å². The molecule has 0 bridgehead atoms. The molecule has 1 aromatic heterocycles. The van der Waals surface area contributed by atoms with Crippen LogP contribution in [0.15, 0.2) is 11.2 Å². The van der Waals surface area contributed by atoms with Gasteiger partial charge in [0.1, 0.15) is 0 Å². The second-order valence-electron chi connectivity index (χ2n) is 5.81. The molecule has 0 saturated heterocycles. The first-order valence-corrected chi connectivity index (χ1v) is 9.30. The Hall–Kier alpha value is -0.920. The quantitative estimate of drug-likeness (QED) is 0.574. The molecular weight excluding hydrogens is 288 g/mol. The lowest BCUT2D eigenvalue weighted by Crippen LogP contribution is -2.35. The third-order valence-corrected chi connectivity index (χ3v) is 5.35. The lowest BCUT2D eigenvalue weighted by atomic mass is 10.1. The minimum Gasteiger partial charge on any atom is -0.313 e. The predicted octanol–water partition coefficient (Wildman–Crippen LogP) is 1.77. The largest absolute Gasteiger partial charge is 0.313 e. The van der Waals surface area contributed by atoms with Crippen LogP contribution in [0, 0.1) is 5.92 Å². The van der Waals surface area contributed by atoms with Crippen molar-refractivity contribution in [1.82, 2.24) is 20.2 Å². The summed E-state index contributed by atoms with van der Waals surface area (Å²) in [5.41, 5.74) is 0.692. The Labute approximate surface area is 127 Å². The van der Waals surface area contributed by atoms with Crippen molar-refractivity contribution in [2.24, 2.45) is 5.92 Å². The van der Waals surface area contributed by atoms with Crippen LogP contribution in [0.1, 0.15) is 51.5 Å². The summed E-state index contributed by atoms with van der Waals surface area (Å²) in [6, 6.07) is 0.0160. The molecule has 1 atom stereocenters. The Morgan fingerprint density at radius 1 is 1.43 bits per heavy atom. The highest BCUT2D eigenvalue weighted by Gasteiger charge is 2.29. The van der Waals surface area contributed by atoms with Crippen molar-refractivity contribution in [2.75, 3.05) is 6.54 Å². The molecule has 21 heavy (non-hydrogen) atoms. The van der Waals surface area contributed by atoms with Crippen molar-refractivity contribution in [3.8, 4) is 0 Å². The third-order valence-electron chi connectivity index (χ3n) is 3.82. The summed E-state index contributed by atoms with van der Waals surface area (Å²) in [6.45, 7) is 5.47. The maximum absolute atomic E-state index is 12.5. The Morgan fingerprint density at radius 3 is 2.81 bits per heavy atom. The number of nitrogens with zero attached hydrogens (tertiary/aromatic N) is 1. The van der Waals surface area contributed by atoms with Gasteiger partial charge in [0, 0.05) is 18.2 Å². The van der Waals surface area contributed by atoms with Gasteiger partial charge in [0.2, 0.25) is 0 Å². The number of aromatic amines is 1. The van der Waals surface area contributed by atoms with Crippen LogP contribution in [0.4, 0.5) is 0 Å². The molecule has 1 aromatic rings. The van der Waals surface area contributed by atoms with Crippen molar-refractivity contribution in [3.05, 3.63) is 11.8 Å². The molecule has 1 saturated carbocycles. The van der Waals surface area contributed by atoms with E-state index in [1.807, 2.05) is 6.92 Å². The van der Waals surface area contributed by atoms with E-state index in [2.05, 4.69) is 27.2 Å². The van der Waals surface area contributed by atoms with Crippen LogP contribution in [0.3, 0.4) is 0 Å². The molecule has 0 spiro atoms. The first kappa shape index (κ1) is 16.5. The van der Waals surface area contributed by atoms with Crippen molar-refractivity contribution >= 4 is 10.0 Å². The standard InChI is InChI=1S/C14H26N4O2S/c1-3-7-15-9-12-10-16-17-14(12)21(19,20)18-13(4-2)8-11-5-6-11/h10-11,13,15,18H,3-9H2,1-2H3,(H,16,17). The van der Waals surface area contributed by atoms with Crippen LogP contribution >= 0.6 is 0 Å². The fourth-order valence-corrected chi connectivity index (χ4v) is 3.85. The van der Waals surface area contributed by atoms with Gasteiger partial charge in [-0.15, -0.1) is 0 Å². The van der Waals surface area contributed by atoms with Crippen molar-refractivity contribution in [2.45, 2.75) is 63.6 Å². The van der Waals surface area contributed by atoms with Gasteiger partial charge >= 0.3 is 0 Å². The zero-order chi connectivity index (χ0) is 15.3. The summed E-state index contributed by atoms with van der Waals surface area (Å²) in [7, 11) is -3.52. The Morgan fingerprint density at radius 2 is 2.19 bits per heavy atom. The van der Waals surface area contributed by atoms with Gasteiger partial charge in [0.15, 0.2) is 5.03 Å². The molecule has 1 fully saturated rings. The van der Waals surface area contributed by atoms with Crippen molar-refractivity contribution < 1.29 is 8.42 Å². The molecule has 6 nitrogen and oxygen atoms in total. The van der Waals surface area contributed by atoms with E-state index in [4.69, 9.17) is 0 Å². The number of rotatable bonds is 10. The fourth-order valence-electron chi connectivity index (χ4n) is 2.39. The van der Waals surface area contributed by atoms with Gasteiger partial charge in [-0.25, -0.2) is 13.1 Å². The van der Waals surface area contributed by atoms with Gasteiger partial charge in [-0.1, -0.05) is 26.7 Å². The molecule has 1 unspecified atom stereocenters. The summed E-state index contributed by atoms with van der Waals surface area (Å²) >= 11 is 0. The van der Waals surface area contributed by atoms with E-state index >= 15 is 0 Å². The highest BCUT2D eigenvalue weighted by Crippen LogP contribution is 2.34. The highest BCUT2D eigenvalue weighted by molar-refractivity contribution is 7.89. The summed E-state index contributed by atoms with van der Waals surface area (Å²) in [5.74, 6) is 0.699. The second kappa shape index (κ2) is 7.38. The number of aromatic nitrogens is 2. The summed E-state index contributed by atoms with van der Waals surface area (Å²) < 4.78 is 27.8. The van der Waals surface area contributed by atoms with Gasteiger partial charge in [-0.2, -0.15) is 5.10 Å². The van der Waals surface area contributed by atoms with Crippen LogP contribution in [-0.4, -0.2) is 31.2 Å². The first-order chi connectivity index (χ1) is 10.1. The zero-order valence-electron chi connectivity index (χ0n) is 12.9. The molecule has 2 rings (SSSR count). The zero-order valence-corrected chi connectivity index (χ0v) is 13.7. The average molecular weight is 314 g/mol. The molecule has 0 aromatic carbocycles. The van der Waals surface area contributed by atoms with E-state index in [0.717, 1.165) is 25.8 Å². The predicted molar refractivity (Wildman–Crippen MR) is 82.3 cm³/mol. The topological polar surface area (TPSA) is 86.9 Å². The lowest BCUT2D eigenvalue weighted by molar-refractivity contribution is 0.492. The molecule has 3 N–H and O–H groups in total. The van der Waals surface area contributed by atoms with E-state index < -0.39 is 10.0 Å². The molecule has 0 aliphatic heterocycles. The lowest BCUT2D eigenvalue weighted by Gasteiger charge is -2.16. The van der Waals surface area contributed by atoms with Crippen LogP contribution in [-0.2, 0) is 16.6 Å². The van der Waals surface area contributed by atoms with Crippen LogP contribution < -0.4 is 10.0 Å². The van der Waals surface area contributed by atoms with Crippen LogP contribution in [0.2, 0.25) is 0 Å². The van der Waals surface area contributed by atoms with Gasteiger partial charge in [-0.05, 0) is 31.7 Å². The minimum atomic E-state index is -3.52. The number of nitrogens with one attached hydrogen (secondary N) is 3. The molecule has 7 heteroatoms. The summed E-state index contributed by atoms with van der Waals surface area (Å²) in [5, 5.41) is 9.92. The number of H-pyrrole nitrogens is 1. The number of hydrogen-bond acceptors (Lipinski definition) is 4. The van der Waals surface area contributed by atoms with E-state index in [0.29, 0.717) is 18.0 Å². The first-order valence-electron chi connectivity index (χ1n) is 7.82. The van der Waals surface area contributed by atoms with Gasteiger partial charge in [0.25, 0.3) is 10.0 Å². The smallest absolute Gasteiger partial charge is 0.258 e. The molecule has 1 aliphatic carbocycles. The van der Waals surface area contributed by atoms with E-state index in [1.54, 1.807) is 6.20 Å². The monoisotopic (exact) mass is 314 g/mol. The van der Waals surface area contributed by atoms with E-state index in [1.165, 1.54) is 12.8 Å². The maximum Gasteiger partial charge on any atom is 0.258 e. The Kier molecular flexibility index (Phi) is 5.78. The average Bonchev–Trinajstić information content (AvgIpc) is 3.12. The summed E-state index contributed by atoms with van der Waals surface area (Å²) in [4.78, 5) is 0. The van der Waals surface area contributed by atoms with Crippen LogP contribution in [0.25, 0.3) is 0 Å². The van der Waals surface area contributed by atoms with Gasteiger partial charge in [0.05, 0.1) is 6.20 Å². The van der Waals surface area contributed by atoms with Crippen LogP contribution in [0.5, 0.6) is 0 Å². The minimum absolute atomic E-state index is 0.0160. The van der Waals surface area contributed by atoms with Gasteiger partial charge < -0.3 is 5.32 Å². The fraction of sp³-hybridized carbons (Fsp3) is 0.786. The highest BCUT2D eigenvalue weighted by atomic mass is 32.2. The number of sulfonamides is 1. The van der Waals surface area contributed by atoms with Gasteiger partial charge in [-0.3, -0.25) is 5.10 Å². The molecule has 1 aliphatic rings. The summed E-state index contributed by atoms with van der Waals surface area (Å²) in [6.07, 6.45) is 6.81. The number of hydrogen-bond donors (Lipinski definition) is 3. The SMILES string of the molecule is CCCNCc1cn[nH]c1S(=O)(=O)NC(CC)CC1CC1. The third kappa shape index (κ3) is 4.79. The molecule has 0 amide bonds. The maximum atomic E-state index is 12.5. The molecular formula is C14H26N4O2S. The molecule has 120 valence electrons. The molecule has 0 radical (unpaired) electrons. The second-order valence-corrected chi connectivity index (χ2v) is 7.46. The van der Waals surface area contributed by atoms with E-state index in [9.17, 15) is 8.42 Å². The molecule has 1 heterocycles.